The van der Waals surface area contributed by atoms with E-state index >= 15 is 0 Å². The number of hydrogen-bond acceptors (Lipinski definition) is 4. The Bertz CT molecular complexity index is 487. The fourth-order valence-corrected chi connectivity index (χ4v) is 3.17. The molecule has 0 saturated heterocycles. The quantitative estimate of drug-likeness (QED) is 0.749. The van der Waals surface area contributed by atoms with Gasteiger partial charge in [-0.1, -0.05) is 15.9 Å². The number of aromatic nitrogens is 2. The number of sulfonamides is 1. The Kier molecular flexibility index (Phi) is 5.77. The zero-order valence-corrected chi connectivity index (χ0v) is 13.1. The Morgan fingerprint density at radius 1 is 1.61 bits per heavy atom. The highest BCUT2D eigenvalue weighted by atomic mass is 79.9. The van der Waals surface area contributed by atoms with Crippen molar-refractivity contribution in [3.8, 4) is 0 Å². The van der Waals surface area contributed by atoms with Gasteiger partial charge in [-0.2, -0.15) is 0 Å². The molecular formula is C10H18BrN3O3S. The molecule has 1 unspecified atom stereocenters. The first-order chi connectivity index (χ1) is 8.40. The van der Waals surface area contributed by atoms with Gasteiger partial charge in [-0.15, -0.1) is 0 Å². The molecule has 0 spiro atoms. The summed E-state index contributed by atoms with van der Waals surface area (Å²) in [4.78, 5) is 3.98. The molecule has 1 N–H and O–H groups in total. The molecule has 0 saturated carbocycles. The van der Waals surface area contributed by atoms with E-state index < -0.39 is 10.0 Å². The van der Waals surface area contributed by atoms with Crippen LogP contribution in [0.25, 0.3) is 0 Å². The molecule has 1 atom stereocenters. The minimum Gasteiger partial charge on any atom is -0.383 e. The molecule has 0 amide bonds. The Hall–Kier alpha value is -0.440. The summed E-state index contributed by atoms with van der Waals surface area (Å²) in [5.74, 6) is 0.685. The molecule has 0 bridgehead atoms. The third-order valence-electron chi connectivity index (χ3n) is 2.41. The maximum Gasteiger partial charge on any atom is 0.259 e. The van der Waals surface area contributed by atoms with E-state index in [1.807, 2.05) is 6.92 Å². The minimum atomic E-state index is -3.55. The molecule has 1 aromatic heterocycles. The van der Waals surface area contributed by atoms with Crippen molar-refractivity contribution in [1.82, 2.24) is 14.3 Å². The largest absolute Gasteiger partial charge is 0.383 e. The normalized spacial score (nSPS) is 13.8. The van der Waals surface area contributed by atoms with Gasteiger partial charge in [0.1, 0.15) is 5.82 Å². The molecule has 1 rings (SSSR count). The lowest BCUT2D eigenvalue weighted by molar-refractivity contribution is 0.201. The van der Waals surface area contributed by atoms with Crippen molar-refractivity contribution in [2.24, 2.45) is 0 Å². The molecule has 0 aliphatic heterocycles. The maximum atomic E-state index is 12.0. The van der Waals surface area contributed by atoms with Crippen molar-refractivity contribution in [1.29, 1.82) is 0 Å². The lowest BCUT2D eigenvalue weighted by Gasteiger charge is -2.09. The lowest BCUT2D eigenvalue weighted by atomic mass is 10.5. The van der Waals surface area contributed by atoms with Crippen LogP contribution in [0, 0.1) is 6.92 Å². The fourth-order valence-electron chi connectivity index (χ4n) is 1.44. The smallest absolute Gasteiger partial charge is 0.259 e. The summed E-state index contributed by atoms with van der Waals surface area (Å²) in [6.07, 6.45) is 1.54. The monoisotopic (exact) mass is 339 g/mol. The van der Waals surface area contributed by atoms with Crippen LogP contribution in [0.4, 0.5) is 0 Å². The van der Waals surface area contributed by atoms with Gasteiger partial charge in [0.15, 0.2) is 5.03 Å². The predicted molar refractivity (Wildman–Crippen MR) is 72.4 cm³/mol. The van der Waals surface area contributed by atoms with Crippen LogP contribution in [-0.2, 0) is 21.3 Å². The number of rotatable bonds is 7. The summed E-state index contributed by atoms with van der Waals surface area (Å²) in [5.41, 5.74) is 0. The highest BCUT2D eigenvalue weighted by Crippen LogP contribution is 2.09. The van der Waals surface area contributed by atoms with Crippen LogP contribution >= 0.6 is 15.9 Å². The van der Waals surface area contributed by atoms with Gasteiger partial charge >= 0.3 is 0 Å². The molecule has 18 heavy (non-hydrogen) atoms. The number of methoxy groups -OCH3 is 1. The molecule has 1 heterocycles. The summed E-state index contributed by atoms with van der Waals surface area (Å²) in [6, 6.07) is 0. The topological polar surface area (TPSA) is 73.2 Å². The van der Waals surface area contributed by atoms with Crippen molar-refractivity contribution >= 4 is 26.0 Å². The van der Waals surface area contributed by atoms with Crippen LogP contribution < -0.4 is 4.72 Å². The van der Waals surface area contributed by atoms with Gasteiger partial charge in [-0.25, -0.2) is 18.1 Å². The van der Waals surface area contributed by atoms with Crippen LogP contribution in [0.15, 0.2) is 11.2 Å². The number of ether oxygens (including phenoxy) is 1. The molecule has 0 aliphatic rings. The molecular weight excluding hydrogens is 322 g/mol. The molecule has 0 aromatic carbocycles. The van der Waals surface area contributed by atoms with E-state index in [1.54, 1.807) is 18.6 Å². The number of aryl methyl sites for hydroxylation is 2. The van der Waals surface area contributed by atoms with Crippen LogP contribution in [0.2, 0.25) is 0 Å². The summed E-state index contributed by atoms with van der Waals surface area (Å²) in [6.45, 7) is 5.10. The highest BCUT2D eigenvalue weighted by Gasteiger charge is 2.19. The molecule has 0 radical (unpaired) electrons. The van der Waals surface area contributed by atoms with Crippen molar-refractivity contribution in [3.63, 3.8) is 0 Å². The Morgan fingerprint density at radius 2 is 2.28 bits per heavy atom. The van der Waals surface area contributed by atoms with Crippen LogP contribution in [0.5, 0.6) is 0 Å². The second-order valence-corrected chi connectivity index (χ2v) is 6.83. The highest BCUT2D eigenvalue weighted by molar-refractivity contribution is 9.09. The first-order valence-corrected chi connectivity index (χ1v) is 7.97. The number of nitrogens with one attached hydrogen (secondary N) is 1. The summed E-state index contributed by atoms with van der Waals surface area (Å²) >= 11 is 3.32. The first-order valence-electron chi connectivity index (χ1n) is 5.57. The van der Waals surface area contributed by atoms with E-state index in [9.17, 15) is 8.42 Å². The van der Waals surface area contributed by atoms with E-state index in [1.165, 1.54) is 6.20 Å². The number of imidazole rings is 1. The first kappa shape index (κ1) is 15.6. The van der Waals surface area contributed by atoms with Gasteiger partial charge in [0.2, 0.25) is 0 Å². The van der Waals surface area contributed by atoms with E-state index in [0.717, 1.165) is 0 Å². The number of nitrogens with zero attached hydrogens (tertiary/aromatic N) is 2. The average molecular weight is 340 g/mol. The molecule has 0 fully saturated rings. The zero-order chi connectivity index (χ0) is 13.8. The summed E-state index contributed by atoms with van der Waals surface area (Å²) in [7, 11) is -1.99. The third-order valence-corrected chi connectivity index (χ3v) is 4.29. The SMILES string of the molecule is CCn1cc(S(=O)(=O)NCC(Br)COC)nc1C. The van der Waals surface area contributed by atoms with Crippen molar-refractivity contribution in [3.05, 3.63) is 12.0 Å². The van der Waals surface area contributed by atoms with Crippen LogP contribution in [0.1, 0.15) is 12.7 Å². The molecule has 104 valence electrons. The number of alkyl halides is 1. The van der Waals surface area contributed by atoms with Gasteiger partial charge in [-0.3, -0.25) is 0 Å². The second kappa shape index (κ2) is 6.65. The third kappa shape index (κ3) is 4.04. The minimum absolute atomic E-state index is 0.0546. The molecule has 6 nitrogen and oxygen atoms in total. The second-order valence-electron chi connectivity index (χ2n) is 3.82. The zero-order valence-electron chi connectivity index (χ0n) is 10.7. The van der Waals surface area contributed by atoms with Gasteiger partial charge in [0.25, 0.3) is 10.0 Å². The predicted octanol–water partition coefficient (Wildman–Crippen LogP) is 0.900. The number of halogens is 1. The summed E-state index contributed by atoms with van der Waals surface area (Å²) in [5, 5.41) is 0.0546. The standard InChI is InChI=1S/C10H18BrN3O3S/c1-4-14-6-10(13-8(14)2)18(15,16)12-5-9(11)7-17-3/h6,9,12H,4-5,7H2,1-3H3. The number of hydrogen-bond donors (Lipinski definition) is 1. The Labute approximate surface area is 116 Å². The van der Waals surface area contributed by atoms with Gasteiger partial charge < -0.3 is 9.30 Å². The van der Waals surface area contributed by atoms with E-state index in [-0.39, 0.29) is 16.4 Å². The lowest BCUT2D eigenvalue weighted by Crippen LogP contribution is -2.31. The van der Waals surface area contributed by atoms with Gasteiger partial charge in [0, 0.05) is 26.4 Å². The summed E-state index contributed by atoms with van der Waals surface area (Å²) < 4.78 is 33.1. The fraction of sp³-hybridized carbons (Fsp3) is 0.700. The van der Waals surface area contributed by atoms with E-state index in [2.05, 4.69) is 25.6 Å². The average Bonchev–Trinajstić information content (AvgIpc) is 2.69. The Balaban J connectivity index is 2.74. The Morgan fingerprint density at radius 3 is 2.78 bits per heavy atom. The van der Waals surface area contributed by atoms with Crippen molar-refractivity contribution in [2.75, 3.05) is 20.3 Å². The van der Waals surface area contributed by atoms with Crippen molar-refractivity contribution < 1.29 is 13.2 Å². The molecule has 8 heteroatoms. The molecule has 1 aromatic rings. The molecule has 0 aliphatic carbocycles. The maximum absolute atomic E-state index is 12.0. The van der Waals surface area contributed by atoms with Crippen LogP contribution in [-0.4, -0.2) is 43.1 Å². The van der Waals surface area contributed by atoms with E-state index in [0.29, 0.717) is 19.0 Å². The van der Waals surface area contributed by atoms with Crippen LogP contribution in [0.3, 0.4) is 0 Å². The van der Waals surface area contributed by atoms with E-state index in [4.69, 9.17) is 4.74 Å². The van der Waals surface area contributed by atoms with Crippen molar-refractivity contribution in [2.45, 2.75) is 30.2 Å². The van der Waals surface area contributed by atoms with Gasteiger partial charge in [0.05, 0.1) is 11.4 Å². The van der Waals surface area contributed by atoms with Gasteiger partial charge in [-0.05, 0) is 13.8 Å².